The molecule has 4 aliphatic rings. The summed E-state index contributed by atoms with van der Waals surface area (Å²) in [5.41, 5.74) is 3.37. The summed E-state index contributed by atoms with van der Waals surface area (Å²) in [4.78, 5) is 13.3. The van der Waals surface area contributed by atoms with Crippen molar-refractivity contribution in [1.82, 2.24) is 5.32 Å². The topological polar surface area (TPSA) is 78.8 Å². The maximum absolute atomic E-state index is 13.3. The van der Waals surface area contributed by atoms with Crippen molar-refractivity contribution >= 4 is 5.78 Å². The summed E-state index contributed by atoms with van der Waals surface area (Å²) < 4.78 is 6.32. The summed E-state index contributed by atoms with van der Waals surface area (Å²) in [5.74, 6) is 1.50. The molecule has 2 bridgehead atoms. The molecule has 6 rings (SSSR count). The Kier molecular flexibility index (Phi) is 5.55. The molecule has 2 aromatic carbocycles. The van der Waals surface area contributed by atoms with Gasteiger partial charge in [-0.25, -0.2) is 0 Å². The molecule has 0 radical (unpaired) electrons. The summed E-state index contributed by atoms with van der Waals surface area (Å²) >= 11 is 0. The molecule has 0 spiro atoms. The van der Waals surface area contributed by atoms with Gasteiger partial charge in [-0.1, -0.05) is 30.3 Å². The van der Waals surface area contributed by atoms with Crippen molar-refractivity contribution in [3.8, 4) is 5.75 Å². The van der Waals surface area contributed by atoms with E-state index < -0.39 is 11.0 Å². The Morgan fingerprint density at radius 1 is 1.15 bits per heavy atom. The van der Waals surface area contributed by atoms with Crippen molar-refractivity contribution in [2.45, 2.75) is 75.0 Å². The van der Waals surface area contributed by atoms with Crippen molar-refractivity contribution in [3.63, 3.8) is 0 Å². The largest absolute Gasteiger partial charge is 0.489 e. The zero-order valence-corrected chi connectivity index (χ0v) is 19.8. The average molecular weight is 462 g/mol. The van der Waals surface area contributed by atoms with E-state index in [9.17, 15) is 15.0 Å². The molecule has 0 amide bonds. The van der Waals surface area contributed by atoms with Gasteiger partial charge in [0.25, 0.3) is 0 Å². The number of aliphatic hydroxyl groups excluding tert-OH is 1. The lowest BCUT2D eigenvalue weighted by atomic mass is 9.48. The maximum atomic E-state index is 13.3. The number of piperidine rings is 1. The number of aliphatic hydroxyl groups is 2. The van der Waals surface area contributed by atoms with E-state index in [2.05, 4.69) is 29.6 Å². The van der Waals surface area contributed by atoms with Gasteiger partial charge >= 0.3 is 0 Å². The second kappa shape index (κ2) is 8.47. The quantitative estimate of drug-likeness (QED) is 0.589. The van der Waals surface area contributed by atoms with E-state index in [4.69, 9.17) is 4.74 Å². The third-order valence-corrected chi connectivity index (χ3v) is 9.01. The molecule has 0 unspecified atom stereocenters. The Bertz CT molecular complexity index is 1080. The second-order valence-corrected chi connectivity index (χ2v) is 11.1. The van der Waals surface area contributed by atoms with Crippen LogP contribution < -0.4 is 10.1 Å². The molecule has 1 heterocycles. The minimum Gasteiger partial charge on any atom is -0.489 e. The third-order valence-electron chi connectivity index (χ3n) is 9.01. The molecule has 4 atom stereocenters. The monoisotopic (exact) mass is 461 g/mol. The molecule has 2 aromatic rings. The van der Waals surface area contributed by atoms with Gasteiger partial charge in [0.1, 0.15) is 18.1 Å². The fourth-order valence-electron chi connectivity index (χ4n) is 7.03. The van der Waals surface area contributed by atoms with Crippen LogP contribution in [-0.4, -0.2) is 40.8 Å². The SMILES string of the molecule is O=C1C[C@]23CCN[C@H](Cc4c(CC5CC5)cc(OCc5ccccc5)cc42)[C@]3(O)C[C@@H]1CCO. The van der Waals surface area contributed by atoms with Gasteiger partial charge in [-0.2, -0.15) is 0 Å². The first kappa shape index (κ1) is 22.3. The number of ketones is 1. The minimum absolute atomic E-state index is 0.0167. The number of benzene rings is 2. The Labute approximate surface area is 201 Å². The summed E-state index contributed by atoms with van der Waals surface area (Å²) in [6, 6.07) is 14.5. The zero-order valence-electron chi connectivity index (χ0n) is 19.8. The van der Waals surface area contributed by atoms with E-state index in [0.29, 0.717) is 25.9 Å². The molecule has 3 N–H and O–H groups in total. The van der Waals surface area contributed by atoms with Crippen LogP contribution in [0.3, 0.4) is 0 Å². The van der Waals surface area contributed by atoms with E-state index in [1.165, 1.54) is 24.0 Å². The Morgan fingerprint density at radius 3 is 2.74 bits per heavy atom. The van der Waals surface area contributed by atoms with Crippen LogP contribution in [0.1, 0.15) is 60.8 Å². The van der Waals surface area contributed by atoms with Gasteiger partial charge < -0.3 is 20.3 Å². The highest BCUT2D eigenvalue weighted by Crippen LogP contribution is 2.58. The lowest BCUT2D eigenvalue weighted by molar-refractivity contribution is -0.159. The number of Topliss-reactive ketones (excluding diaryl/α,β-unsaturated/α-hetero) is 1. The van der Waals surface area contributed by atoms with E-state index in [1.807, 2.05) is 18.2 Å². The van der Waals surface area contributed by atoms with Gasteiger partial charge in [-0.15, -0.1) is 0 Å². The van der Waals surface area contributed by atoms with Crippen LogP contribution in [0.2, 0.25) is 0 Å². The summed E-state index contributed by atoms with van der Waals surface area (Å²) in [6.07, 6.45) is 6.35. The number of carbonyl (C=O) groups is 1. The molecular formula is C29H35NO4. The van der Waals surface area contributed by atoms with E-state index >= 15 is 0 Å². The molecule has 180 valence electrons. The first-order valence-corrected chi connectivity index (χ1v) is 12.9. The highest BCUT2D eigenvalue weighted by atomic mass is 16.5. The normalized spacial score (nSPS) is 32.1. The third kappa shape index (κ3) is 3.60. The Balaban J connectivity index is 1.43. The van der Waals surface area contributed by atoms with Crippen LogP contribution in [0.25, 0.3) is 0 Å². The van der Waals surface area contributed by atoms with Crippen molar-refractivity contribution in [1.29, 1.82) is 0 Å². The van der Waals surface area contributed by atoms with Gasteiger partial charge in [0, 0.05) is 30.4 Å². The number of ether oxygens (including phenoxy) is 1. The first-order chi connectivity index (χ1) is 16.5. The molecule has 3 aliphatic carbocycles. The minimum atomic E-state index is -0.985. The number of hydrogen-bond donors (Lipinski definition) is 3. The highest BCUT2D eigenvalue weighted by Gasteiger charge is 2.64. The van der Waals surface area contributed by atoms with Gasteiger partial charge in [0.05, 0.1) is 5.60 Å². The molecule has 2 saturated carbocycles. The maximum Gasteiger partial charge on any atom is 0.137 e. The lowest BCUT2D eigenvalue weighted by Gasteiger charge is -2.62. The van der Waals surface area contributed by atoms with Gasteiger partial charge in [-0.05, 0) is 91.8 Å². The van der Waals surface area contributed by atoms with E-state index in [1.54, 1.807) is 0 Å². The van der Waals surface area contributed by atoms with Crippen LogP contribution in [-0.2, 0) is 29.7 Å². The molecule has 1 aliphatic heterocycles. The summed E-state index contributed by atoms with van der Waals surface area (Å²) in [6.45, 7) is 1.29. The fraction of sp³-hybridized carbons (Fsp3) is 0.552. The molecule has 34 heavy (non-hydrogen) atoms. The number of rotatable bonds is 7. The number of nitrogens with one attached hydrogen (secondary N) is 1. The summed E-state index contributed by atoms with van der Waals surface area (Å²) in [7, 11) is 0. The number of fused-ring (bicyclic) bond motifs is 1. The van der Waals surface area contributed by atoms with Crippen LogP contribution in [0.15, 0.2) is 42.5 Å². The standard InChI is InChI=1S/C29H35NO4/c31-11-8-21-16-29(33)27-15-24-22(12-19-6-7-19)13-23(34-18-20-4-2-1-3-5-20)14-25(24)28(29,9-10-30-27)17-26(21)32/h1-5,13-14,19,21,27,30-31,33H,6-12,15-18H2/t21-,27+,28+,29+/m0/s1. The van der Waals surface area contributed by atoms with Crippen molar-refractivity contribution in [2.75, 3.05) is 13.2 Å². The van der Waals surface area contributed by atoms with Crippen molar-refractivity contribution < 1.29 is 19.7 Å². The average Bonchev–Trinajstić information content (AvgIpc) is 3.64. The molecule has 0 aromatic heterocycles. The van der Waals surface area contributed by atoms with E-state index in [-0.39, 0.29) is 24.3 Å². The highest BCUT2D eigenvalue weighted by molar-refractivity contribution is 5.85. The van der Waals surface area contributed by atoms with Crippen LogP contribution >= 0.6 is 0 Å². The van der Waals surface area contributed by atoms with Crippen molar-refractivity contribution in [3.05, 3.63) is 64.7 Å². The van der Waals surface area contributed by atoms with Crippen molar-refractivity contribution in [2.24, 2.45) is 11.8 Å². The fourth-order valence-corrected chi connectivity index (χ4v) is 7.03. The van der Waals surface area contributed by atoms with Gasteiger partial charge in [0.2, 0.25) is 0 Å². The molecule has 1 saturated heterocycles. The Hall–Kier alpha value is -2.21. The molecule has 5 nitrogen and oxygen atoms in total. The molecule has 3 fully saturated rings. The number of carbonyl (C=O) groups excluding carboxylic acids is 1. The first-order valence-electron chi connectivity index (χ1n) is 12.9. The summed E-state index contributed by atoms with van der Waals surface area (Å²) in [5, 5.41) is 25.4. The predicted octanol–water partition coefficient (Wildman–Crippen LogP) is 3.47. The van der Waals surface area contributed by atoms with Gasteiger partial charge in [0.15, 0.2) is 0 Å². The smallest absolute Gasteiger partial charge is 0.137 e. The number of hydrogen-bond acceptors (Lipinski definition) is 5. The molecule has 5 heteroatoms. The van der Waals surface area contributed by atoms with Crippen LogP contribution in [0.5, 0.6) is 5.75 Å². The lowest BCUT2D eigenvalue weighted by Crippen LogP contribution is -2.73. The Morgan fingerprint density at radius 2 is 1.97 bits per heavy atom. The predicted molar refractivity (Wildman–Crippen MR) is 130 cm³/mol. The van der Waals surface area contributed by atoms with Gasteiger partial charge in [-0.3, -0.25) is 4.79 Å². The van der Waals surface area contributed by atoms with E-state index in [0.717, 1.165) is 48.6 Å². The van der Waals surface area contributed by atoms with Crippen LogP contribution in [0.4, 0.5) is 0 Å². The second-order valence-electron chi connectivity index (χ2n) is 11.1. The molecular weight excluding hydrogens is 426 g/mol. The zero-order chi connectivity index (χ0) is 23.3. The van der Waals surface area contributed by atoms with Crippen LogP contribution in [0, 0.1) is 11.8 Å².